The number of carbonyl (C=O) groups excluding carboxylic acids is 1. The van der Waals surface area contributed by atoms with Crippen molar-refractivity contribution in [2.24, 2.45) is 0 Å². The number of urea groups is 1. The van der Waals surface area contributed by atoms with Gasteiger partial charge in [-0.3, -0.25) is 0 Å². The molecule has 2 amide bonds. The molecule has 0 aromatic carbocycles. The van der Waals surface area contributed by atoms with E-state index in [1.165, 1.54) is 0 Å². The van der Waals surface area contributed by atoms with Crippen molar-refractivity contribution in [1.82, 2.24) is 15.6 Å². The van der Waals surface area contributed by atoms with Crippen LogP contribution in [0.2, 0.25) is 0 Å². The Morgan fingerprint density at radius 1 is 1.53 bits per heavy atom. The maximum absolute atomic E-state index is 11.6. The van der Waals surface area contributed by atoms with Crippen molar-refractivity contribution in [3.8, 4) is 12.3 Å². The summed E-state index contributed by atoms with van der Waals surface area (Å²) in [5.41, 5.74) is -0.298. The Hall–Kier alpha value is -2.07. The zero-order valence-corrected chi connectivity index (χ0v) is 11.7. The fraction of sp³-hybridized carbons (Fsp3) is 0.417. The van der Waals surface area contributed by atoms with Crippen LogP contribution in [0.3, 0.4) is 0 Å². The predicted molar refractivity (Wildman–Crippen MR) is 72.1 cm³/mol. The monoisotopic (exact) mass is 281 g/mol. The van der Waals surface area contributed by atoms with Crippen LogP contribution in [0.15, 0.2) is 0 Å². The quantitative estimate of drug-likeness (QED) is 0.727. The second-order valence-electron chi connectivity index (χ2n) is 4.40. The van der Waals surface area contributed by atoms with E-state index in [9.17, 15) is 9.59 Å². The molecule has 0 saturated carbocycles. The molecule has 0 aliphatic carbocycles. The van der Waals surface area contributed by atoms with Gasteiger partial charge in [0.1, 0.15) is 9.88 Å². The van der Waals surface area contributed by atoms with Gasteiger partial charge in [-0.15, -0.1) is 17.8 Å². The number of carboxylic acids is 1. The molecular formula is C12H15N3O3S. The molecule has 0 spiro atoms. The zero-order valence-electron chi connectivity index (χ0n) is 10.9. The number of amides is 2. The highest BCUT2D eigenvalue weighted by molar-refractivity contribution is 7.13. The van der Waals surface area contributed by atoms with Crippen LogP contribution in [-0.4, -0.2) is 27.6 Å². The van der Waals surface area contributed by atoms with Crippen LogP contribution in [-0.2, 0) is 6.54 Å². The predicted octanol–water partition coefficient (Wildman–Crippen LogP) is 1.36. The van der Waals surface area contributed by atoms with Crippen LogP contribution in [0, 0.1) is 19.3 Å². The Bertz CT molecular complexity index is 543. The highest BCUT2D eigenvalue weighted by atomic mass is 32.1. The van der Waals surface area contributed by atoms with E-state index in [0.29, 0.717) is 10.7 Å². The van der Waals surface area contributed by atoms with Crippen molar-refractivity contribution in [2.75, 3.05) is 0 Å². The van der Waals surface area contributed by atoms with Crippen molar-refractivity contribution in [3.05, 3.63) is 15.6 Å². The van der Waals surface area contributed by atoms with Gasteiger partial charge >= 0.3 is 12.0 Å². The number of carbonyl (C=O) groups is 2. The van der Waals surface area contributed by atoms with Gasteiger partial charge in [0.2, 0.25) is 0 Å². The summed E-state index contributed by atoms with van der Waals surface area (Å²) in [5.74, 6) is 1.42. The number of terminal acetylenes is 1. The van der Waals surface area contributed by atoms with Gasteiger partial charge in [0.25, 0.3) is 0 Å². The molecule has 0 unspecified atom stereocenters. The number of aromatic nitrogens is 1. The third kappa shape index (κ3) is 4.26. The lowest BCUT2D eigenvalue weighted by Crippen LogP contribution is -2.47. The Kier molecular flexibility index (Phi) is 4.51. The molecular weight excluding hydrogens is 266 g/mol. The largest absolute Gasteiger partial charge is 0.477 e. The van der Waals surface area contributed by atoms with Gasteiger partial charge in [0.15, 0.2) is 0 Å². The fourth-order valence-electron chi connectivity index (χ4n) is 1.25. The SMILES string of the molecule is C#CC(C)(C)NC(=O)NCc1nc(C)c(C(=O)O)s1. The summed E-state index contributed by atoms with van der Waals surface area (Å²) < 4.78 is 0. The molecule has 0 aliphatic heterocycles. The van der Waals surface area contributed by atoms with Crippen molar-refractivity contribution in [1.29, 1.82) is 0 Å². The minimum Gasteiger partial charge on any atom is -0.477 e. The Morgan fingerprint density at radius 2 is 2.16 bits per heavy atom. The Balaban J connectivity index is 2.59. The molecule has 1 aromatic rings. The molecule has 1 aromatic heterocycles. The zero-order chi connectivity index (χ0) is 14.6. The van der Waals surface area contributed by atoms with E-state index in [2.05, 4.69) is 21.5 Å². The summed E-state index contributed by atoms with van der Waals surface area (Å²) in [6.45, 7) is 5.17. The number of hydrogen-bond acceptors (Lipinski definition) is 4. The molecule has 19 heavy (non-hydrogen) atoms. The summed E-state index contributed by atoms with van der Waals surface area (Å²) >= 11 is 1.04. The number of nitrogens with zero attached hydrogens (tertiary/aromatic N) is 1. The number of aromatic carboxylic acids is 1. The summed E-state index contributed by atoms with van der Waals surface area (Å²) in [6, 6.07) is -0.423. The highest BCUT2D eigenvalue weighted by Crippen LogP contribution is 2.17. The lowest BCUT2D eigenvalue weighted by molar-refractivity contribution is 0.0701. The van der Waals surface area contributed by atoms with E-state index in [0.717, 1.165) is 11.3 Å². The van der Waals surface area contributed by atoms with E-state index in [1.807, 2.05) is 0 Å². The summed E-state index contributed by atoms with van der Waals surface area (Å²) in [5, 5.41) is 14.6. The first-order chi connectivity index (χ1) is 8.75. The van der Waals surface area contributed by atoms with Crippen LogP contribution in [0.5, 0.6) is 0 Å². The molecule has 1 rings (SSSR count). The minimum atomic E-state index is -1.01. The second-order valence-corrected chi connectivity index (χ2v) is 5.49. The van der Waals surface area contributed by atoms with E-state index < -0.39 is 17.5 Å². The molecule has 0 fully saturated rings. The summed E-state index contributed by atoms with van der Waals surface area (Å²) in [4.78, 5) is 26.7. The van der Waals surface area contributed by atoms with Gasteiger partial charge < -0.3 is 15.7 Å². The van der Waals surface area contributed by atoms with Crippen LogP contribution < -0.4 is 10.6 Å². The number of aryl methyl sites for hydroxylation is 1. The van der Waals surface area contributed by atoms with Gasteiger partial charge in [0, 0.05) is 0 Å². The normalized spacial score (nSPS) is 10.6. The molecule has 0 atom stereocenters. The van der Waals surface area contributed by atoms with E-state index in [4.69, 9.17) is 11.5 Å². The third-order valence-electron chi connectivity index (χ3n) is 2.22. The molecule has 3 N–H and O–H groups in total. The molecule has 102 valence electrons. The lowest BCUT2D eigenvalue weighted by Gasteiger charge is -2.19. The minimum absolute atomic E-state index is 0.158. The standard InChI is InChI=1S/C12H15N3O3S/c1-5-12(3,4)15-11(18)13-6-8-14-7(2)9(19-8)10(16)17/h1H,6H2,2-4H3,(H,16,17)(H2,13,15,18). The first kappa shape index (κ1) is 15.0. The molecule has 0 radical (unpaired) electrons. The van der Waals surface area contributed by atoms with E-state index in [-0.39, 0.29) is 11.4 Å². The number of carboxylic acid groups (broad SMARTS) is 1. The first-order valence-corrected chi connectivity index (χ1v) is 6.30. The smallest absolute Gasteiger partial charge is 0.347 e. The molecule has 0 aliphatic rings. The number of hydrogen-bond donors (Lipinski definition) is 3. The van der Waals surface area contributed by atoms with Crippen molar-refractivity contribution >= 4 is 23.3 Å². The maximum Gasteiger partial charge on any atom is 0.347 e. The van der Waals surface area contributed by atoms with Crippen molar-refractivity contribution in [3.63, 3.8) is 0 Å². The van der Waals surface area contributed by atoms with Crippen LogP contribution in [0.1, 0.15) is 34.2 Å². The van der Waals surface area contributed by atoms with Crippen LogP contribution in [0.25, 0.3) is 0 Å². The van der Waals surface area contributed by atoms with Gasteiger partial charge in [-0.2, -0.15) is 0 Å². The number of rotatable bonds is 4. The number of nitrogens with one attached hydrogen (secondary N) is 2. The molecule has 0 bridgehead atoms. The van der Waals surface area contributed by atoms with Gasteiger partial charge in [-0.25, -0.2) is 14.6 Å². The molecule has 1 heterocycles. The Morgan fingerprint density at radius 3 is 2.63 bits per heavy atom. The summed E-state index contributed by atoms with van der Waals surface area (Å²) in [7, 11) is 0. The summed E-state index contributed by atoms with van der Waals surface area (Å²) in [6.07, 6.45) is 5.25. The molecule has 6 nitrogen and oxygen atoms in total. The topological polar surface area (TPSA) is 91.3 Å². The first-order valence-electron chi connectivity index (χ1n) is 5.48. The van der Waals surface area contributed by atoms with Crippen LogP contribution >= 0.6 is 11.3 Å². The second kappa shape index (κ2) is 5.71. The van der Waals surface area contributed by atoms with E-state index >= 15 is 0 Å². The number of thiazole rings is 1. The van der Waals surface area contributed by atoms with Crippen LogP contribution in [0.4, 0.5) is 4.79 Å². The Labute approximate surface area is 115 Å². The van der Waals surface area contributed by atoms with Gasteiger partial charge in [0.05, 0.1) is 17.8 Å². The van der Waals surface area contributed by atoms with Gasteiger partial charge in [-0.1, -0.05) is 5.92 Å². The van der Waals surface area contributed by atoms with Crippen molar-refractivity contribution in [2.45, 2.75) is 32.9 Å². The fourth-order valence-corrected chi connectivity index (χ4v) is 2.09. The lowest BCUT2D eigenvalue weighted by atomic mass is 10.1. The molecule has 7 heteroatoms. The average molecular weight is 281 g/mol. The highest BCUT2D eigenvalue weighted by Gasteiger charge is 2.18. The van der Waals surface area contributed by atoms with E-state index in [1.54, 1.807) is 20.8 Å². The molecule has 0 saturated heterocycles. The third-order valence-corrected chi connectivity index (χ3v) is 3.37. The van der Waals surface area contributed by atoms with Gasteiger partial charge in [-0.05, 0) is 20.8 Å². The average Bonchev–Trinajstić information content (AvgIpc) is 2.67. The van der Waals surface area contributed by atoms with Crippen molar-refractivity contribution < 1.29 is 14.7 Å². The maximum atomic E-state index is 11.6.